The summed E-state index contributed by atoms with van der Waals surface area (Å²) in [7, 11) is -0.551. The Balaban J connectivity index is 1.72. The van der Waals surface area contributed by atoms with Gasteiger partial charge in [0.15, 0.2) is 0 Å². The highest BCUT2D eigenvalue weighted by Gasteiger charge is 2.31. The number of rotatable bonds is 6. The summed E-state index contributed by atoms with van der Waals surface area (Å²) in [5.41, 5.74) is 0. The lowest BCUT2D eigenvalue weighted by Crippen LogP contribution is -2.44. The maximum absolute atomic E-state index is 12.9. The van der Waals surface area contributed by atoms with E-state index in [2.05, 4.69) is 9.97 Å². The average Bonchev–Trinajstić information content (AvgIpc) is 2.68. The molecule has 26 heavy (non-hydrogen) atoms. The Bertz CT molecular complexity index is 842. The summed E-state index contributed by atoms with van der Waals surface area (Å²) >= 11 is 0. The number of nitrogens with zero attached hydrogens (tertiary/aromatic N) is 3. The highest BCUT2D eigenvalue weighted by molar-refractivity contribution is 7.89. The highest BCUT2D eigenvalue weighted by Crippen LogP contribution is 2.24. The Labute approximate surface area is 152 Å². The third kappa shape index (κ3) is 4.05. The van der Waals surface area contributed by atoms with Gasteiger partial charge in [-0.15, -0.1) is 0 Å². The van der Waals surface area contributed by atoms with Gasteiger partial charge < -0.3 is 14.2 Å². The minimum Gasteiger partial charge on any atom is -0.497 e. The van der Waals surface area contributed by atoms with Gasteiger partial charge in [0.2, 0.25) is 21.8 Å². The van der Waals surface area contributed by atoms with Crippen LogP contribution in [-0.4, -0.2) is 56.1 Å². The summed E-state index contributed by atoms with van der Waals surface area (Å²) in [6.07, 6.45) is 4.12. The molecule has 1 saturated heterocycles. The van der Waals surface area contributed by atoms with Crippen molar-refractivity contribution in [3.05, 3.63) is 36.7 Å². The van der Waals surface area contributed by atoms with Crippen molar-refractivity contribution in [2.45, 2.75) is 23.8 Å². The van der Waals surface area contributed by atoms with E-state index in [0.717, 1.165) is 6.42 Å². The quantitative estimate of drug-likeness (QED) is 0.755. The number of hydrogen-bond donors (Lipinski definition) is 0. The van der Waals surface area contributed by atoms with Crippen LogP contribution in [0.1, 0.15) is 12.8 Å². The van der Waals surface area contributed by atoms with Gasteiger partial charge in [0.25, 0.3) is 0 Å². The number of benzene rings is 1. The summed E-state index contributed by atoms with van der Waals surface area (Å²) in [6, 6.07) is 6.37. The second kappa shape index (κ2) is 7.88. The van der Waals surface area contributed by atoms with Gasteiger partial charge in [-0.05, 0) is 37.1 Å². The molecule has 1 aliphatic heterocycles. The van der Waals surface area contributed by atoms with Gasteiger partial charge in [-0.3, -0.25) is 4.98 Å². The highest BCUT2D eigenvalue weighted by atomic mass is 32.2. The second-order valence-electron chi connectivity index (χ2n) is 5.82. The van der Waals surface area contributed by atoms with Crippen molar-refractivity contribution in [1.82, 2.24) is 14.3 Å². The third-order valence-corrected chi connectivity index (χ3v) is 6.00. The standard InChI is InChI=1S/C17H21N3O5S/c1-23-13-5-7-15(8-6-13)26(21,22)20-9-3-4-14(12-20)25-17-11-18-10-16(19-17)24-2/h5-8,10-11,14H,3-4,9,12H2,1-2H3. The number of ether oxygens (including phenoxy) is 3. The zero-order valence-electron chi connectivity index (χ0n) is 14.7. The molecule has 1 fully saturated rings. The van der Waals surface area contributed by atoms with Crippen LogP contribution in [-0.2, 0) is 10.0 Å². The molecule has 0 spiro atoms. The largest absolute Gasteiger partial charge is 0.497 e. The molecule has 1 unspecified atom stereocenters. The lowest BCUT2D eigenvalue weighted by atomic mass is 10.1. The topological polar surface area (TPSA) is 90.9 Å². The Hall–Kier alpha value is -2.39. The average molecular weight is 379 g/mol. The van der Waals surface area contributed by atoms with Gasteiger partial charge in [0.05, 0.1) is 38.1 Å². The normalized spacial score (nSPS) is 18.3. The summed E-state index contributed by atoms with van der Waals surface area (Å²) in [6.45, 7) is 0.714. The molecule has 8 nitrogen and oxygen atoms in total. The number of methoxy groups -OCH3 is 2. The van der Waals surface area contributed by atoms with Crippen LogP contribution < -0.4 is 14.2 Å². The lowest BCUT2D eigenvalue weighted by Gasteiger charge is -2.31. The van der Waals surface area contributed by atoms with E-state index in [1.165, 1.54) is 30.9 Å². The van der Waals surface area contributed by atoms with Crippen LogP contribution in [0.3, 0.4) is 0 Å². The van der Waals surface area contributed by atoms with Crippen LogP contribution in [0.4, 0.5) is 0 Å². The maximum atomic E-state index is 12.9. The molecule has 0 bridgehead atoms. The van der Waals surface area contributed by atoms with E-state index in [4.69, 9.17) is 14.2 Å². The minimum absolute atomic E-state index is 0.236. The molecule has 2 heterocycles. The summed E-state index contributed by atoms with van der Waals surface area (Å²) < 4.78 is 43.1. The van der Waals surface area contributed by atoms with E-state index < -0.39 is 10.0 Å². The van der Waals surface area contributed by atoms with E-state index >= 15 is 0 Å². The number of piperidine rings is 1. The molecule has 1 aromatic heterocycles. The van der Waals surface area contributed by atoms with E-state index in [0.29, 0.717) is 30.5 Å². The summed E-state index contributed by atoms with van der Waals surface area (Å²) in [5.74, 6) is 1.28. The fraction of sp³-hybridized carbons (Fsp3) is 0.412. The van der Waals surface area contributed by atoms with Crippen molar-refractivity contribution in [2.24, 2.45) is 0 Å². The van der Waals surface area contributed by atoms with Crippen molar-refractivity contribution >= 4 is 10.0 Å². The Kier molecular flexibility index (Phi) is 5.58. The molecule has 9 heteroatoms. The van der Waals surface area contributed by atoms with Crippen LogP contribution in [0, 0.1) is 0 Å². The molecule has 0 saturated carbocycles. The van der Waals surface area contributed by atoms with Crippen molar-refractivity contribution in [1.29, 1.82) is 0 Å². The zero-order valence-corrected chi connectivity index (χ0v) is 15.5. The summed E-state index contributed by atoms with van der Waals surface area (Å²) in [5, 5.41) is 0. The second-order valence-corrected chi connectivity index (χ2v) is 7.76. The molecule has 1 atom stereocenters. The Morgan fingerprint density at radius 3 is 2.50 bits per heavy atom. The molecule has 1 aromatic carbocycles. The lowest BCUT2D eigenvalue weighted by molar-refractivity contribution is 0.123. The van der Waals surface area contributed by atoms with E-state index in [9.17, 15) is 8.42 Å². The van der Waals surface area contributed by atoms with Gasteiger partial charge in [0, 0.05) is 6.54 Å². The summed E-state index contributed by atoms with van der Waals surface area (Å²) in [4.78, 5) is 8.39. The van der Waals surface area contributed by atoms with Gasteiger partial charge >= 0.3 is 0 Å². The molecule has 0 N–H and O–H groups in total. The molecule has 0 amide bonds. The molecule has 140 valence electrons. The maximum Gasteiger partial charge on any atom is 0.243 e. The first-order valence-corrected chi connectivity index (χ1v) is 9.64. The Morgan fingerprint density at radius 1 is 1.08 bits per heavy atom. The first-order chi connectivity index (χ1) is 12.5. The van der Waals surface area contributed by atoms with Gasteiger partial charge in [-0.2, -0.15) is 9.29 Å². The molecular weight excluding hydrogens is 358 g/mol. The van der Waals surface area contributed by atoms with Crippen LogP contribution in [0.2, 0.25) is 0 Å². The Morgan fingerprint density at radius 2 is 1.81 bits per heavy atom. The molecule has 3 rings (SSSR count). The predicted molar refractivity (Wildman–Crippen MR) is 94.0 cm³/mol. The van der Waals surface area contributed by atoms with Gasteiger partial charge in [0.1, 0.15) is 11.9 Å². The van der Waals surface area contributed by atoms with Crippen LogP contribution in [0.5, 0.6) is 17.5 Å². The first-order valence-electron chi connectivity index (χ1n) is 8.20. The number of aromatic nitrogens is 2. The fourth-order valence-electron chi connectivity index (χ4n) is 2.77. The zero-order chi connectivity index (χ0) is 18.6. The fourth-order valence-corrected chi connectivity index (χ4v) is 4.28. The van der Waals surface area contributed by atoms with Crippen molar-refractivity contribution in [2.75, 3.05) is 27.3 Å². The number of sulfonamides is 1. The van der Waals surface area contributed by atoms with Crippen LogP contribution in [0.15, 0.2) is 41.6 Å². The first kappa shape index (κ1) is 18.4. The number of hydrogen-bond acceptors (Lipinski definition) is 7. The molecule has 0 radical (unpaired) electrons. The molecule has 1 aliphatic rings. The van der Waals surface area contributed by atoms with Crippen LogP contribution >= 0.6 is 0 Å². The van der Waals surface area contributed by atoms with Crippen molar-refractivity contribution in [3.8, 4) is 17.5 Å². The van der Waals surface area contributed by atoms with Crippen molar-refractivity contribution in [3.63, 3.8) is 0 Å². The van der Waals surface area contributed by atoms with E-state index in [1.807, 2.05) is 0 Å². The molecule has 0 aliphatic carbocycles. The van der Waals surface area contributed by atoms with Gasteiger partial charge in [-0.25, -0.2) is 8.42 Å². The molecular formula is C17H21N3O5S. The SMILES string of the molecule is COc1ccc(S(=O)(=O)N2CCCC(Oc3cncc(OC)n3)C2)cc1. The monoisotopic (exact) mass is 379 g/mol. The van der Waals surface area contributed by atoms with Gasteiger partial charge in [-0.1, -0.05) is 0 Å². The molecule has 2 aromatic rings. The van der Waals surface area contributed by atoms with Crippen LogP contribution in [0.25, 0.3) is 0 Å². The van der Waals surface area contributed by atoms with E-state index in [-0.39, 0.29) is 17.5 Å². The predicted octanol–water partition coefficient (Wildman–Crippen LogP) is 1.73. The third-order valence-electron chi connectivity index (χ3n) is 4.12. The minimum atomic E-state index is -3.59. The smallest absolute Gasteiger partial charge is 0.243 e. The van der Waals surface area contributed by atoms with E-state index in [1.54, 1.807) is 24.3 Å². The van der Waals surface area contributed by atoms with Crippen molar-refractivity contribution < 1.29 is 22.6 Å².